The molecule has 0 aromatic heterocycles. The summed E-state index contributed by atoms with van der Waals surface area (Å²) in [6.07, 6.45) is 1.67. The molecule has 2 aliphatic rings. The maximum Gasteiger partial charge on any atom is 0.414 e. The van der Waals surface area contributed by atoms with Gasteiger partial charge in [0.25, 0.3) is 0 Å². The molecule has 1 amide bonds. The zero-order valence-corrected chi connectivity index (χ0v) is 14.4. The summed E-state index contributed by atoms with van der Waals surface area (Å²) in [5.74, 6) is -0.771. The van der Waals surface area contributed by atoms with Crippen molar-refractivity contribution in [2.75, 3.05) is 11.4 Å². The number of benzene rings is 2. The monoisotopic (exact) mass is 351 g/mol. The molecule has 134 valence electrons. The number of hydrogen-bond donors (Lipinski definition) is 1. The van der Waals surface area contributed by atoms with Crippen LogP contribution in [0.3, 0.4) is 0 Å². The number of carbonyl (C=O) groups is 2. The van der Waals surface area contributed by atoms with Crippen molar-refractivity contribution in [1.29, 1.82) is 0 Å². The quantitative estimate of drug-likeness (QED) is 0.897. The Morgan fingerprint density at radius 2 is 1.77 bits per heavy atom. The second kappa shape index (κ2) is 6.48. The van der Waals surface area contributed by atoms with Crippen molar-refractivity contribution < 1.29 is 19.4 Å². The van der Waals surface area contributed by atoms with Crippen molar-refractivity contribution in [3.63, 3.8) is 0 Å². The minimum atomic E-state index is -0.725. The summed E-state index contributed by atoms with van der Waals surface area (Å²) in [5, 5.41) is 9.66. The first-order chi connectivity index (χ1) is 12.6. The van der Waals surface area contributed by atoms with Crippen LogP contribution in [0.1, 0.15) is 36.3 Å². The first-order valence-electron chi connectivity index (χ1n) is 8.92. The number of nitrogens with zero attached hydrogens (tertiary/aromatic N) is 1. The Balaban J connectivity index is 1.55. The van der Waals surface area contributed by atoms with Gasteiger partial charge in [-0.2, -0.15) is 0 Å². The summed E-state index contributed by atoms with van der Waals surface area (Å²) in [7, 11) is 0. The fourth-order valence-corrected chi connectivity index (χ4v) is 3.97. The second-order valence-corrected chi connectivity index (χ2v) is 7.05. The van der Waals surface area contributed by atoms with Crippen molar-refractivity contribution in [2.24, 2.45) is 5.41 Å². The normalized spacial score (nSPS) is 20.2. The average molecular weight is 351 g/mol. The molecule has 1 heterocycles. The zero-order valence-electron chi connectivity index (χ0n) is 14.4. The first kappa shape index (κ1) is 16.6. The molecule has 1 aliphatic heterocycles. The molecule has 5 heteroatoms. The number of aliphatic carboxylic acids is 1. The molecule has 26 heavy (non-hydrogen) atoms. The number of amides is 1. The lowest BCUT2D eigenvalue weighted by Crippen LogP contribution is -2.40. The molecule has 1 fully saturated rings. The summed E-state index contributed by atoms with van der Waals surface area (Å²) in [4.78, 5) is 26.0. The van der Waals surface area contributed by atoms with Crippen molar-refractivity contribution in [2.45, 2.75) is 31.8 Å². The fourth-order valence-electron chi connectivity index (χ4n) is 3.97. The SMILES string of the molecule is O=C(OCc1ccccc1)N1CCC(C2(C(=O)O)CC2)c2ccccc21. The minimum absolute atomic E-state index is 0.0469. The Kier molecular flexibility index (Phi) is 4.15. The minimum Gasteiger partial charge on any atom is -0.481 e. The Morgan fingerprint density at radius 1 is 1.08 bits per heavy atom. The molecule has 0 bridgehead atoms. The van der Waals surface area contributed by atoms with Gasteiger partial charge in [-0.05, 0) is 36.5 Å². The highest BCUT2D eigenvalue weighted by Crippen LogP contribution is 2.60. The van der Waals surface area contributed by atoms with Crippen LogP contribution in [0, 0.1) is 5.41 Å². The molecule has 1 unspecified atom stereocenters. The fraction of sp³-hybridized carbons (Fsp3) is 0.333. The van der Waals surface area contributed by atoms with Crippen molar-refractivity contribution in [3.05, 3.63) is 65.7 Å². The molecule has 1 saturated carbocycles. The summed E-state index contributed by atoms with van der Waals surface area (Å²) < 4.78 is 5.48. The van der Waals surface area contributed by atoms with Gasteiger partial charge in [0.2, 0.25) is 0 Å². The maximum absolute atomic E-state index is 12.6. The third kappa shape index (κ3) is 2.83. The van der Waals surface area contributed by atoms with Gasteiger partial charge >= 0.3 is 12.1 Å². The summed E-state index contributed by atoms with van der Waals surface area (Å²) >= 11 is 0. The maximum atomic E-state index is 12.6. The van der Waals surface area contributed by atoms with Crippen molar-refractivity contribution in [3.8, 4) is 0 Å². The van der Waals surface area contributed by atoms with E-state index in [9.17, 15) is 14.7 Å². The molecule has 1 N–H and O–H groups in total. The molecule has 0 radical (unpaired) electrons. The first-order valence-corrected chi connectivity index (χ1v) is 8.92. The highest BCUT2D eigenvalue weighted by molar-refractivity contribution is 5.90. The molecule has 2 aromatic rings. The van der Waals surface area contributed by atoms with Crippen LogP contribution in [0.2, 0.25) is 0 Å². The Hall–Kier alpha value is -2.82. The lowest BCUT2D eigenvalue weighted by molar-refractivity contribution is -0.144. The van der Waals surface area contributed by atoms with Crippen LogP contribution in [-0.2, 0) is 16.1 Å². The number of carboxylic acid groups (broad SMARTS) is 1. The van der Waals surface area contributed by atoms with Gasteiger partial charge in [0.05, 0.1) is 11.1 Å². The van der Waals surface area contributed by atoms with E-state index in [0.717, 1.165) is 16.8 Å². The molecule has 5 nitrogen and oxygen atoms in total. The lowest BCUT2D eigenvalue weighted by atomic mass is 9.78. The van der Waals surface area contributed by atoms with E-state index in [-0.39, 0.29) is 18.6 Å². The van der Waals surface area contributed by atoms with E-state index in [2.05, 4.69) is 0 Å². The van der Waals surface area contributed by atoms with E-state index in [1.54, 1.807) is 4.90 Å². The molecule has 0 saturated heterocycles. The molecule has 2 aromatic carbocycles. The number of ether oxygens (including phenoxy) is 1. The van der Waals surface area contributed by atoms with Crippen molar-refractivity contribution in [1.82, 2.24) is 0 Å². The third-order valence-electron chi connectivity index (χ3n) is 5.55. The highest BCUT2D eigenvalue weighted by atomic mass is 16.6. The van der Waals surface area contributed by atoms with Gasteiger partial charge in [0.15, 0.2) is 0 Å². The van der Waals surface area contributed by atoms with E-state index in [1.165, 1.54) is 0 Å². The summed E-state index contributed by atoms with van der Waals surface area (Å²) in [6, 6.07) is 17.2. The lowest BCUT2D eigenvalue weighted by Gasteiger charge is -2.36. The number of para-hydroxylation sites is 1. The standard InChI is InChI=1S/C21H21NO4/c23-19(24)21(11-12-21)17-10-13-22(18-9-5-4-8-16(17)18)20(25)26-14-15-6-2-1-3-7-15/h1-9,17H,10-14H2,(H,23,24). The van der Waals surface area contributed by atoms with Crippen LogP contribution in [0.4, 0.5) is 10.5 Å². The van der Waals surface area contributed by atoms with Crippen LogP contribution >= 0.6 is 0 Å². The number of carbonyl (C=O) groups excluding carboxylic acids is 1. The van der Waals surface area contributed by atoms with Gasteiger partial charge in [-0.1, -0.05) is 48.5 Å². The largest absolute Gasteiger partial charge is 0.481 e. The van der Waals surface area contributed by atoms with E-state index >= 15 is 0 Å². The Labute approximate surface area is 152 Å². The van der Waals surface area contributed by atoms with E-state index in [0.29, 0.717) is 25.8 Å². The van der Waals surface area contributed by atoms with E-state index in [1.807, 2.05) is 54.6 Å². The Morgan fingerprint density at radius 3 is 2.46 bits per heavy atom. The average Bonchev–Trinajstić information content (AvgIpc) is 3.48. The number of rotatable bonds is 4. The van der Waals surface area contributed by atoms with Crippen LogP contribution in [-0.4, -0.2) is 23.7 Å². The van der Waals surface area contributed by atoms with Crippen molar-refractivity contribution >= 4 is 17.7 Å². The molecule has 1 atom stereocenters. The number of carboxylic acids is 1. The predicted octanol–water partition coefficient (Wildman–Crippen LogP) is 4.18. The van der Waals surface area contributed by atoms with Gasteiger partial charge in [-0.25, -0.2) is 4.79 Å². The zero-order chi connectivity index (χ0) is 18.1. The van der Waals surface area contributed by atoms with E-state index in [4.69, 9.17) is 4.74 Å². The molecule has 0 spiro atoms. The topological polar surface area (TPSA) is 66.8 Å². The number of anilines is 1. The molecule has 1 aliphatic carbocycles. The molecule has 4 rings (SSSR count). The number of fused-ring (bicyclic) bond motifs is 1. The highest BCUT2D eigenvalue weighted by Gasteiger charge is 2.57. The van der Waals surface area contributed by atoms with Gasteiger partial charge in [-0.3, -0.25) is 9.69 Å². The van der Waals surface area contributed by atoms with Gasteiger partial charge in [0, 0.05) is 12.5 Å². The van der Waals surface area contributed by atoms with Crippen LogP contribution in [0.5, 0.6) is 0 Å². The third-order valence-corrected chi connectivity index (χ3v) is 5.55. The van der Waals surface area contributed by atoms with Crippen LogP contribution in [0.25, 0.3) is 0 Å². The van der Waals surface area contributed by atoms with Gasteiger partial charge in [-0.15, -0.1) is 0 Å². The van der Waals surface area contributed by atoms with Crippen LogP contribution in [0.15, 0.2) is 54.6 Å². The van der Waals surface area contributed by atoms with Crippen LogP contribution < -0.4 is 4.90 Å². The smallest absolute Gasteiger partial charge is 0.414 e. The second-order valence-electron chi connectivity index (χ2n) is 7.05. The molecular weight excluding hydrogens is 330 g/mol. The number of hydrogen-bond acceptors (Lipinski definition) is 3. The predicted molar refractivity (Wildman–Crippen MR) is 97.1 cm³/mol. The van der Waals surface area contributed by atoms with E-state index < -0.39 is 11.4 Å². The summed E-state index contributed by atoms with van der Waals surface area (Å²) in [6.45, 7) is 0.700. The van der Waals surface area contributed by atoms with Gasteiger partial charge in [0.1, 0.15) is 6.61 Å². The summed E-state index contributed by atoms with van der Waals surface area (Å²) in [5.41, 5.74) is 1.99. The Bertz CT molecular complexity index is 829. The molecular formula is C21H21NO4. The van der Waals surface area contributed by atoms with Gasteiger partial charge < -0.3 is 9.84 Å².